The number of likely N-dealkylation sites (tertiary alicyclic amines) is 1. The lowest BCUT2D eigenvalue weighted by atomic mass is 10.0. The molecule has 0 aliphatic carbocycles. The molecule has 1 aromatic heterocycles. The SMILES string of the molecule is Cc1nn(-c2ccccc2)c2c1C(C)N(C1CN(C(=O)Nc3ccc(Cl)cc3)C1)C2=O. The van der Waals surface area contributed by atoms with Crippen LogP contribution in [0.4, 0.5) is 10.5 Å². The summed E-state index contributed by atoms with van der Waals surface area (Å²) >= 11 is 5.89. The lowest BCUT2D eigenvalue weighted by Crippen LogP contribution is -2.62. The minimum absolute atomic E-state index is 0.0190. The van der Waals surface area contributed by atoms with Crippen LogP contribution in [0.15, 0.2) is 54.6 Å². The molecule has 0 radical (unpaired) electrons. The van der Waals surface area contributed by atoms with Crippen molar-refractivity contribution < 1.29 is 9.59 Å². The van der Waals surface area contributed by atoms with Crippen LogP contribution in [0.5, 0.6) is 0 Å². The molecule has 3 heterocycles. The first-order chi connectivity index (χ1) is 14.9. The number of anilines is 1. The van der Waals surface area contributed by atoms with E-state index in [1.54, 1.807) is 33.8 Å². The highest BCUT2D eigenvalue weighted by atomic mass is 35.5. The summed E-state index contributed by atoms with van der Waals surface area (Å²) in [6.45, 7) is 4.97. The van der Waals surface area contributed by atoms with Gasteiger partial charge >= 0.3 is 6.03 Å². The van der Waals surface area contributed by atoms with Gasteiger partial charge in [0.1, 0.15) is 5.69 Å². The first-order valence-corrected chi connectivity index (χ1v) is 10.6. The zero-order chi connectivity index (χ0) is 21.7. The Bertz CT molecular complexity index is 1150. The maximum absolute atomic E-state index is 13.4. The predicted octanol–water partition coefficient (Wildman–Crippen LogP) is 4.27. The first-order valence-electron chi connectivity index (χ1n) is 10.2. The summed E-state index contributed by atoms with van der Waals surface area (Å²) in [5.41, 5.74) is 4.01. The van der Waals surface area contributed by atoms with Crippen LogP contribution in [0, 0.1) is 6.92 Å². The fourth-order valence-electron chi connectivity index (χ4n) is 4.45. The molecule has 8 heteroatoms. The van der Waals surface area contributed by atoms with Gasteiger partial charge in [0.2, 0.25) is 0 Å². The lowest BCUT2D eigenvalue weighted by molar-refractivity contribution is 0.0326. The normalized spacial score (nSPS) is 18.2. The number of hydrogen-bond donors (Lipinski definition) is 1. The van der Waals surface area contributed by atoms with E-state index in [0.717, 1.165) is 16.9 Å². The van der Waals surface area contributed by atoms with Crippen molar-refractivity contribution in [2.75, 3.05) is 18.4 Å². The second kappa shape index (κ2) is 7.42. The molecule has 5 rings (SSSR count). The van der Waals surface area contributed by atoms with Gasteiger partial charge < -0.3 is 15.1 Å². The Hall–Kier alpha value is -3.32. The molecule has 158 valence electrons. The number of rotatable bonds is 3. The Labute approximate surface area is 185 Å². The number of urea groups is 1. The summed E-state index contributed by atoms with van der Waals surface area (Å²) in [6, 6.07) is 16.4. The third-order valence-corrected chi connectivity index (χ3v) is 6.27. The van der Waals surface area contributed by atoms with Gasteiger partial charge in [0.25, 0.3) is 5.91 Å². The molecule has 3 aromatic rings. The van der Waals surface area contributed by atoms with Gasteiger partial charge in [-0.25, -0.2) is 9.48 Å². The number of carbonyl (C=O) groups is 2. The molecule has 0 saturated carbocycles. The standard InChI is InChI=1S/C23H22ClN5O2/c1-14-20-15(2)28(22(30)21(20)29(26-14)18-6-4-3-5-7-18)19-12-27(13-19)23(31)25-17-10-8-16(24)9-11-17/h3-11,15,19H,12-13H2,1-2H3,(H,25,31). The number of amides is 3. The third-order valence-electron chi connectivity index (χ3n) is 6.02. The van der Waals surface area contributed by atoms with Crippen LogP contribution < -0.4 is 5.32 Å². The van der Waals surface area contributed by atoms with Gasteiger partial charge in [-0.2, -0.15) is 5.10 Å². The zero-order valence-electron chi connectivity index (χ0n) is 17.2. The fraction of sp³-hybridized carbons (Fsp3) is 0.261. The van der Waals surface area contributed by atoms with Crippen LogP contribution in [0.3, 0.4) is 0 Å². The summed E-state index contributed by atoms with van der Waals surface area (Å²) in [5.74, 6) is -0.0327. The maximum Gasteiger partial charge on any atom is 0.321 e. The summed E-state index contributed by atoms with van der Waals surface area (Å²) < 4.78 is 1.74. The van der Waals surface area contributed by atoms with Crippen molar-refractivity contribution >= 4 is 29.2 Å². The fourth-order valence-corrected chi connectivity index (χ4v) is 4.58. The number of nitrogens with zero attached hydrogens (tertiary/aromatic N) is 4. The average Bonchev–Trinajstić information content (AvgIpc) is 3.20. The number of halogens is 1. The molecule has 2 aromatic carbocycles. The van der Waals surface area contributed by atoms with E-state index in [1.165, 1.54) is 0 Å². The van der Waals surface area contributed by atoms with Gasteiger partial charge in [-0.05, 0) is 50.2 Å². The van der Waals surface area contributed by atoms with E-state index in [9.17, 15) is 9.59 Å². The monoisotopic (exact) mass is 435 g/mol. The van der Waals surface area contributed by atoms with Gasteiger partial charge in [-0.15, -0.1) is 0 Å². The Morgan fingerprint density at radius 1 is 1.10 bits per heavy atom. The Morgan fingerprint density at radius 3 is 2.45 bits per heavy atom. The predicted molar refractivity (Wildman–Crippen MR) is 119 cm³/mol. The molecule has 1 fully saturated rings. The molecule has 1 N–H and O–H groups in total. The van der Waals surface area contributed by atoms with E-state index < -0.39 is 0 Å². The van der Waals surface area contributed by atoms with Crippen LogP contribution in [0.25, 0.3) is 5.69 Å². The highest BCUT2D eigenvalue weighted by molar-refractivity contribution is 6.30. The molecule has 7 nitrogen and oxygen atoms in total. The number of para-hydroxylation sites is 1. The molecule has 3 amide bonds. The Balaban J connectivity index is 1.31. The molecule has 1 saturated heterocycles. The topological polar surface area (TPSA) is 70.5 Å². The summed E-state index contributed by atoms with van der Waals surface area (Å²) in [7, 11) is 0. The van der Waals surface area contributed by atoms with E-state index in [4.69, 9.17) is 11.6 Å². The second-order valence-electron chi connectivity index (χ2n) is 7.98. The van der Waals surface area contributed by atoms with Gasteiger partial charge in [0.05, 0.1) is 23.5 Å². The number of carbonyl (C=O) groups excluding carboxylic acids is 2. The molecule has 1 atom stereocenters. The Kier molecular flexibility index (Phi) is 4.70. The summed E-state index contributed by atoms with van der Waals surface area (Å²) in [5, 5.41) is 8.11. The van der Waals surface area contributed by atoms with Gasteiger partial charge in [0, 0.05) is 29.4 Å². The molecule has 0 bridgehead atoms. The van der Waals surface area contributed by atoms with E-state index in [0.29, 0.717) is 29.5 Å². The minimum Gasteiger partial charge on any atom is -0.324 e. The molecule has 2 aliphatic heterocycles. The summed E-state index contributed by atoms with van der Waals surface area (Å²) in [4.78, 5) is 29.5. The van der Waals surface area contributed by atoms with Crippen LogP contribution in [0.2, 0.25) is 5.02 Å². The van der Waals surface area contributed by atoms with Crippen LogP contribution in [-0.4, -0.2) is 50.6 Å². The van der Waals surface area contributed by atoms with Crippen LogP contribution >= 0.6 is 11.6 Å². The highest BCUT2D eigenvalue weighted by Gasteiger charge is 2.47. The number of nitrogens with one attached hydrogen (secondary N) is 1. The number of hydrogen-bond acceptors (Lipinski definition) is 3. The largest absolute Gasteiger partial charge is 0.324 e. The van der Waals surface area contributed by atoms with E-state index >= 15 is 0 Å². The van der Waals surface area contributed by atoms with Gasteiger partial charge in [0.15, 0.2) is 0 Å². The zero-order valence-corrected chi connectivity index (χ0v) is 18.0. The lowest BCUT2D eigenvalue weighted by Gasteiger charge is -2.45. The van der Waals surface area contributed by atoms with E-state index in [1.807, 2.05) is 49.1 Å². The molecular weight excluding hydrogens is 414 g/mol. The van der Waals surface area contributed by atoms with Gasteiger partial charge in [-0.3, -0.25) is 4.79 Å². The number of aryl methyl sites for hydroxylation is 1. The highest BCUT2D eigenvalue weighted by Crippen LogP contribution is 2.39. The van der Waals surface area contributed by atoms with Crippen LogP contribution in [0.1, 0.15) is 34.7 Å². The summed E-state index contributed by atoms with van der Waals surface area (Å²) in [6.07, 6.45) is 0. The smallest absolute Gasteiger partial charge is 0.321 e. The molecule has 31 heavy (non-hydrogen) atoms. The Morgan fingerprint density at radius 2 is 1.77 bits per heavy atom. The quantitative estimate of drug-likeness (QED) is 0.668. The van der Waals surface area contributed by atoms with Crippen molar-refractivity contribution in [3.8, 4) is 5.69 Å². The molecule has 1 unspecified atom stereocenters. The number of aromatic nitrogens is 2. The van der Waals surface area contributed by atoms with E-state index in [-0.39, 0.29) is 24.0 Å². The van der Waals surface area contributed by atoms with Crippen molar-refractivity contribution in [1.29, 1.82) is 0 Å². The van der Waals surface area contributed by atoms with Crippen molar-refractivity contribution in [3.05, 3.63) is 76.6 Å². The van der Waals surface area contributed by atoms with Crippen LogP contribution in [-0.2, 0) is 0 Å². The van der Waals surface area contributed by atoms with Crippen molar-refractivity contribution in [3.63, 3.8) is 0 Å². The maximum atomic E-state index is 13.4. The van der Waals surface area contributed by atoms with Crippen molar-refractivity contribution in [2.24, 2.45) is 0 Å². The van der Waals surface area contributed by atoms with E-state index in [2.05, 4.69) is 10.4 Å². The second-order valence-corrected chi connectivity index (χ2v) is 8.42. The van der Waals surface area contributed by atoms with Gasteiger partial charge in [-0.1, -0.05) is 29.8 Å². The average molecular weight is 436 g/mol. The number of fused-ring (bicyclic) bond motifs is 1. The van der Waals surface area contributed by atoms with Crippen molar-refractivity contribution in [2.45, 2.75) is 25.9 Å². The number of benzene rings is 2. The third kappa shape index (κ3) is 3.25. The molecular formula is C23H22ClN5O2. The minimum atomic E-state index is -0.179. The molecule has 2 aliphatic rings. The molecule has 0 spiro atoms. The first kappa shape index (κ1) is 19.6. The van der Waals surface area contributed by atoms with Crippen molar-refractivity contribution in [1.82, 2.24) is 19.6 Å².